The van der Waals surface area contributed by atoms with Gasteiger partial charge in [0, 0.05) is 57.7 Å². The quantitative estimate of drug-likeness (QED) is 0.646. The molecule has 2 heterocycles. The Kier molecular flexibility index (Phi) is 7.14. The molecular formula is C23H25Cl2FN4O3. The Morgan fingerprint density at radius 3 is 2.67 bits per heavy atom. The first kappa shape index (κ1) is 23.4. The fourth-order valence-electron chi connectivity index (χ4n) is 4.00. The molecule has 0 saturated carbocycles. The number of nitrogens with one attached hydrogen (secondary N) is 1. The van der Waals surface area contributed by atoms with Crippen LogP contribution in [-0.4, -0.2) is 60.3 Å². The summed E-state index contributed by atoms with van der Waals surface area (Å²) in [5.74, 6) is 1.61. The van der Waals surface area contributed by atoms with Crippen LogP contribution in [-0.2, 0) is 11.3 Å². The average molecular weight is 495 g/mol. The maximum absolute atomic E-state index is 15.1. The Bertz CT molecular complexity index is 1090. The SMILES string of the molecule is COC1=C(c2cnc(C)o2)CC(F)C(N2CCN(C(=O)NCc3ccc(Cl)c(Cl)c3)CC2)=C1. The highest BCUT2D eigenvalue weighted by Gasteiger charge is 2.32. The minimum absolute atomic E-state index is 0.147. The second-order valence-electron chi connectivity index (χ2n) is 7.91. The van der Waals surface area contributed by atoms with Crippen LogP contribution in [0.3, 0.4) is 0 Å². The van der Waals surface area contributed by atoms with E-state index in [-0.39, 0.29) is 12.5 Å². The number of allylic oxidation sites excluding steroid dienone is 3. The molecular weight excluding hydrogens is 470 g/mol. The number of piperazine rings is 1. The number of nitrogens with zero attached hydrogens (tertiary/aromatic N) is 3. The summed E-state index contributed by atoms with van der Waals surface area (Å²) in [6.07, 6.45) is 2.26. The van der Waals surface area contributed by atoms with Crippen molar-refractivity contribution in [1.29, 1.82) is 0 Å². The third kappa shape index (κ3) is 5.28. The predicted molar refractivity (Wildman–Crippen MR) is 125 cm³/mol. The number of ether oxygens (including phenoxy) is 1. The second kappa shape index (κ2) is 10.1. The van der Waals surface area contributed by atoms with Gasteiger partial charge in [0.15, 0.2) is 11.7 Å². The van der Waals surface area contributed by atoms with E-state index in [4.69, 9.17) is 32.4 Å². The van der Waals surface area contributed by atoms with Gasteiger partial charge < -0.3 is 24.3 Å². The van der Waals surface area contributed by atoms with Gasteiger partial charge in [-0.3, -0.25) is 0 Å². The summed E-state index contributed by atoms with van der Waals surface area (Å²) in [5, 5.41) is 3.82. The van der Waals surface area contributed by atoms with E-state index in [1.165, 1.54) is 0 Å². The molecule has 1 aromatic heterocycles. The number of methoxy groups -OCH3 is 1. The zero-order chi connectivity index (χ0) is 23.5. The molecule has 1 fully saturated rings. The minimum atomic E-state index is -1.20. The topological polar surface area (TPSA) is 70.8 Å². The Labute approximate surface area is 201 Å². The van der Waals surface area contributed by atoms with Crippen molar-refractivity contribution < 1.29 is 18.3 Å². The fourth-order valence-corrected chi connectivity index (χ4v) is 4.32. The number of amides is 2. The number of halogens is 3. The van der Waals surface area contributed by atoms with Gasteiger partial charge in [-0.2, -0.15) is 0 Å². The van der Waals surface area contributed by atoms with Crippen LogP contribution in [0.4, 0.5) is 9.18 Å². The van der Waals surface area contributed by atoms with Gasteiger partial charge in [0.1, 0.15) is 11.9 Å². The van der Waals surface area contributed by atoms with E-state index in [9.17, 15) is 4.79 Å². The minimum Gasteiger partial charge on any atom is -0.496 e. The van der Waals surface area contributed by atoms with Crippen molar-refractivity contribution in [3.8, 4) is 0 Å². The number of hydrogen-bond acceptors (Lipinski definition) is 5. The molecule has 2 amide bonds. The smallest absolute Gasteiger partial charge is 0.317 e. The van der Waals surface area contributed by atoms with Gasteiger partial charge in [-0.15, -0.1) is 0 Å². The molecule has 1 unspecified atom stereocenters. The van der Waals surface area contributed by atoms with Crippen LogP contribution in [0.1, 0.15) is 23.6 Å². The molecule has 1 saturated heterocycles. The molecule has 33 heavy (non-hydrogen) atoms. The summed E-state index contributed by atoms with van der Waals surface area (Å²) in [4.78, 5) is 20.4. The Morgan fingerprint density at radius 1 is 1.27 bits per heavy atom. The molecule has 0 bridgehead atoms. The molecule has 1 aliphatic carbocycles. The summed E-state index contributed by atoms with van der Waals surface area (Å²) in [7, 11) is 1.56. The number of oxazole rings is 1. The number of alkyl halides is 1. The lowest BCUT2D eigenvalue weighted by atomic mass is 9.96. The highest BCUT2D eigenvalue weighted by atomic mass is 35.5. The van der Waals surface area contributed by atoms with Crippen LogP contribution in [0.25, 0.3) is 5.57 Å². The largest absolute Gasteiger partial charge is 0.496 e. The van der Waals surface area contributed by atoms with E-state index in [2.05, 4.69) is 10.3 Å². The summed E-state index contributed by atoms with van der Waals surface area (Å²) in [6.45, 7) is 4.11. The van der Waals surface area contributed by atoms with Crippen LogP contribution in [0.2, 0.25) is 10.0 Å². The summed E-state index contributed by atoms with van der Waals surface area (Å²) < 4.78 is 26.2. The van der Waals surface area contributed by atoms with Crippen LogP contribution < -0.4 is 5.32 Å². The fraction of sp³-hybridized carbons (Fsp3) is 0.391. The molecule has 1 N–H and O–H groups in total. The van der Waals surface area contributed by atoms with E-state index in [1.807, 2.05) is 11.0 Å². The van der Waals surface area contributed by atoms with Crippen molar-refractivity contribution in [3.63, 3.8) is 0 Å². The molecule has 1 atom stereocenters. The molecule has 7 nitrogen and oxygen atoms in total. The summed E-state index contributed by atoms with van der Waals surface area (Å²) in [5.41, 5.74) is 2.08. The van der Waals surface area contributed by atoms with Gasteiger partial charge in [0.25, 0.3) is 0 Å². The first-order chi connectivity index (χ1) is 15.9. The average Bonchev–Trinajstić information content (AvgIpc) is 3.25. The molecule has 2 aliphatic rings. The number of urea groups is 1. The maximum atomic E-state index is 15.1. The lowest BCUT2D eigenvalue weighted by molar-refractivity contribution is 0.144. The van der Waals surface area contributed by atoms with Crippen LogP contribution in [0, 0.1) is 6.92 Å². The van der Waals surface area contributed by atoms with Gasteiger partial charge in [0.2, 0.25) is 0 Å². The van der Waals surface area contributed by atoms with E-state index < -0.39 is 6.17 Å². The van der Waals surface area contributed by atoms with E-state index in [0.29, 0.717) is 71.4 Å². The molecule has 4 rings (SSSR count). The van der Waals surface area contributed by atoms with Gasteiger partial charge in [0.05, 0.1) is 29.0 Å². The normalized spacial score (nSPS) is 18.9. The number of carbonyl (C=O) groups is 1. The zero-order valence-electron chi connectivity index (χ0n) is 18.4. The van der Waals surface area contributed by atoms with Crippen molar-refractivity contribution in [3.05, 3.63) is 69.2 Å². The van der Waals surface area contributed by atoms with E-state index >= 15 is 4.39 Å². The molecule has 1 aromatic carbocycles. The monoisotopic (exact) mass is 494 g/mol. The Balaban J connectivity index is 1.36. The summed E-state index contributed by atoms with van der Waals surface area (Å²) in [6, 6.07) is 5.08. The first-order valence-corrected chi connectivity index (χ1v) is 11.4. The van der Waals surface area contributed by atoms with Gasteiger partial charge in [-0.05, 0) is 17.7 Å². The number of hydrogen-bond donors (Lipinski definition) is 1. The van der Waals surface area contributed by atoms with Crippen molar-refractivity contribution in [2.75, 3.05) is 33.3 Å². The van der Waals surface area contributed by atoms with Gasteiger partial charge in [-0.1, -0.05) is 29.3 Å². The van der Waals surface area contributed by atoms with E-state index in [1.54, 1.807) is 43.3 Å². The predicted octanol–water partition coefficient (Wildman–Crippen LogP) is 4.80. The van der Waals surface area contributed by atoms with Crippen LogP contribution in [0.5, 0.6) is 0 Å². The second-order valence-corrected chi connectivity index (χ2v) is 8.73. The maximum Gasteiger partial charge on any atom is 0.317 e. The number of aromatic nitrogens is 1. The zero-order valence-corrected chi connectivity index (χ0v) is 19.9. The first-order valence-electron chi connectivity index (χ1n) is 10.6. The van der Waals surface area contributed by atoms with Crippen molar-refractivity contribution >= 4 is 34.8 Å². The van der Waals surface area contributed by atoms with Gasteiger partial charge in [-0.25, -0.2) is 14.2 Å². The standard InChI is InChI=1S/C23H25Cl2FN4O3/c1-14-27-13-22(33-14)16-10-19(26)20(11-21(16)32-2)29-5-7-30(8-6-29)23(31)28-12-15-3-4-17(24)18(25)9-15/h3-4,9,11,13,19H,5-8,10,12H2,1-2H3,(H,28,31). The van der Waals surface area contributed by atoms with Crippen molar-refractivity contribution in [1.82, 2.24) is 20.1 Å². The van der Waals surface area contributed by atoms with Crippen molar-refractivity contribution in [2.24, 2.45) is 0 Å². The van der Waals surface area contributed by atoms with Gasteiger partial charge >= 0.3 is 6.03 Å². The Morgan fingerprint density at radius 2 is 2.03 bits per heavy atom. The highest BCUT2D eigenvalue weighted by Crippen LogP contribution is 2.35. The van der Waals surface area contributed by atoms with Crippen LogP contribution in [0.15, 0.2) is 46.3 Å². The molecule has 0 spiro atoms. The number of rotatable bonds is 5. The number of carbonyl (C=O) groups excluding carboxylic acids is 1. The number of aryl methyl sites for hydroxylation is 1. The van der Waals surface area contributed by atoms with Crippen LogP contribution >= 0.6 is 23.2 Å². The lowest BCUT2D eigenvalue weighted by Gasteiger charge is -2.39. The van der Waals surface area contributed by atoms with Crippen molar-refractivity contribution in [2.45, 2.75) is 26.1 Å². The third-order valence-electron chi connectivity index (χ3n) is 5.78. The highest BCUT2D eigenvalue weighted by molar-refractivity contribution is 6.42. The molecule has 2 aromatic rings. The molecule has 1 aliphatic heterocycles. The Hall–Kier alpha value is -2.71. The lowest BCUT2D eigenvalue weighted by Crippen LogP contribution is -2.52. The number of benzene rings is 1. The third-order valence-corrected chi connectivity index (χ3v) is 6.52. The van der Waals surface area contributed by atoms with E-state index in [0.717, 1.165) is 5.56 Å². The molecule has 10 heteroatoms. The molecule has 0 radical (unpaired) electrons. The molecule has 176 valence electrons. The summed E-state index contributed by atoms with van der Waals surface area (Å²) >= 11 is 12.0.